The van der Waals surface area contributed by atoms with Crippen LogP contribution in [0.5, 0.6) is 0 Å². The first-order valence-electron chi connectivity index (χ1n) is 10.7. The Hall–Kier alpha value is -0.790. The molecule has 2 aliphatic carbocycles. The largest absolute Gasteiger partial charge is 0.350 e. The molecule has 1 N–H and O–H groups in total. The Kier molecular flexibility index (Phi) is 8.91. The van der Waals surface area contributed by atoms with Gasteiger partial charge in [0.2, 0.25) is 5.91 Å². The number of hydrogen-bond acceptors (Lipinski definition) is 1. The lowest BCUT2D eigenvalue weighted by molar-refractivity contribution is -0.117. The van der Waals surface area contributed by atoms with E-state index < -0.39 is 0 Å². The third-order valence-corrected chi connectivity index (χ3v) is 6.58. The monoisotopic (exact) mass is 333 g/mol. The Morgan fingerprint density at radius 1 is 0.917 bits per heavy atom. The van der Waals surface area contributed by atoms with Gasteiger partial charge in [-0.3, -0.25) is 4.79 Å². The van der Waals surface area contributed by atoms with Crippen molar-refractivity contribution >= 4 is 5.91 Å². The van der Waals surface area contributed by atoms with E-state index in [1.54, 1.807) is 0 Å². The first-order valence-corrected chi connectivity index (χ1v) is 10.7. The van der Waals surface area contributed by atoms with Crippen LogP contribution in [-0.2, 0) is 4.79 Å². The summed E-state index contributed by atoms with van der Waals surface area (Å²) in [6.45, 7) is 5.84. The summed E-state index contributed by atoms with van der Waals surface area (Å²) in [6, 6.07) is 0.395. The van der Waals surface area contributed by atoms with Crippen molar-refractivity contribution in [1.82, 2.24) is 5.32 Å². The molecule has 2 fully saturated rings. The fraction of sp³-hybridized carbons (Fsp3) is 0.864. The van der Waals surface area contributed by atoms with Crippen LogP contribution in [0.4, 0.5) is 0 Å². The van der Waals surface area contributed by atoms with E-state index in [2.05, 4.69) is 18.8 Å². The van der Waals surface area contributed by atoms with Crippen LogP contribution in [0.15, 0.2) is 12.7 Å². The van der Waals surface area contributed by atoms with E-state index in [0.717, 1.165) is 17.8 Å². The van der Waals surface area contributed by atoms with Gasteiger partial charge in [-0.15, -0.1) is 0 Å². The molecule has 24 heavy (non-hydrogen) atoms. The lowest BCUT2D eigenvalue weighted by atomic mass is 9.69. The summed E-state index contributed by atoms with van der Waals surface area (Å²) in [4.78, 5) is 11.4. The molecule has 0 aromatic heterocycles. The molecular weight excluding hydrogens is 294 g/mol. The van der Waals surface area contributed by atoms with E-state index in [9.17, 15) is 4.79 Å². The van der Waals surface area contributed by atoms with Crippen LogP contribution in [0, 0.1) is 17.8 Å². The number of nitrogens with one attached hydrogen (secondary N) is 1. The molecule has 2 heteroatoms. The SMILES string of the molecule is C=CC(=O)NC1CCC(C2CCC(CCCCCCC)CC2)CC1. The van der Waals surface area contributed by atoms with E-state index in [1.165, 1.54) is 96.0 Å². The Morgan fingerprint density at radius 3 is 2.08 bits per heavy atom. The minimum absolute atomic E-state index is 0.00195. The Bertz CT molecular complexity index is 362. The number of rotatable bonds is 9. The summed E-state index contributed by atoms with van der Waals surface area (Å²) in [5.41, 5.74) is 0. The molecule has 0 spiro atoms. The van der Waals surface area contributed by atoms with Gasteiger partial charge in [-0.05, 0) is 62.4 Å². The van der Waals surface area contributed by atoms with Crippen LogP contribution < -0.4 is 5.32 Å². The summed E-state index contributed by atoms with van der Waals surface area (Å²) >= 11 is 0. The highest BCUT2D eigenvalue weighted by Crippen LogP contribution is 2.41. The van der Waals surface area contributed by atoms with Crippen molar-refractivity contribution < 1.29 is 4.79 Å². The molecule has 1 amide bonds. The van der Waals surface area contributed by atoms with Crippen LogP contribution in [0.1, 0.15) is 96.8 Å². The average Bonchev–Trinajstić information content (AvgIpc) is 2.63. The normalized spacial score (nSPS) is 30.7. The highest BCUT2D eigenvalue weighted by atomic mass is 16.1. The van der Waals surface area contributed by atoms with Crippen molar-refractivity contribution in [1.29, 1.82) is 0 Å². The summed E-state index contributed by atoms with van der Waals surface area (Å²) in [7, 11) is 0. The lowest BCUT2D eigenvalue weighted by Gasteiger charge is -2.38. The van der Waals surface area contributed by atoms with E-state index in [1.807, 2.05) is 0 Å². The highest BCUT2D eigenvalue weighted by Gasteiger charge is 2.30. The number of unbranched alkanes of at least 4 members (excludes halogenated alkanes) is 4. The molecule has 2 nitrogen and oxygen atoms in total. The van der Waals surface area contributed by atoms with Crippen LogP contribution >= 0.6 is 0 Å². The maximum atomic E-state index is 11.4. The van der Waals surface area contributed by atoms with Crippen molar-refractivity contribution in [3.05, 3.63) is 12.7 Å². The minimum atomic E-state index is -0.00195. The Morgan fingerprint density at radius 2 is 1.50 bits per heavy atom. The fourth-order valence-corrected chi connectivity index (χ4v) is 4.98. The molecule has 2 rings (SSSR count). The van der Waals surface area contributed by atoms with Crippen LogP contribution in [0.3, 0.4) is 0 Å². The predicted molar refractivity (Wildman–Crippen MR) is 103 cm³/mol. The maximum Gasteiger partial charge on any atom is 0.243 e. The van der Waals surface area contributed by atoms with Gasteiger partial charge >= 0.3 is 0 Å². The van der Waals surface area contributed by atoms with Gasteiger partial charge in [0, 0.05) is 6.04 Å². The third-order valence-electron chi connectivity index (χ3n) is 6.58. The van der Waals surface area contributed by atoms with Gasteiger partial charge in [0.15, 0.2) is 0 Å². The number of carbonyl (C=O) groups excluding carboxylic acids is 1. The first-order chi connectivity index (χ1) is 11.7. The lowest BCUT2D eigenvalue weighted by Crippen LogP contribution is -2.38. The Balaban J connectivity index is 1.58. The van der Waals surface area contributed by atoms with Gasteiger partial charge in [0.1, 0.15) is 0 Å². The number of hydrogen-bond donors (Lipinski definition) is 1. The molecule has 0 saturated heterocycles. The molecule has 0 aromatic rings. The molecule has 0 bridgehead atoms. The van der Waals surface area contributed by atoms with Gasteiger partial charge in [-0.25, -0.2) is 0 Å². The predicted octanol–water partition coefficient (Wildman–Crippen LogP) is 6.01. The Labute approximate surface area is 149 Å². The minimum Gasteiger partial charge on any atom is -0.350 e. The van der Waals surface area contributed by atoms with Crippen molar-refractivity contribution in [2.45, 2.75) is 103 Å². The zero-order valence-electron chi connectivity index (χ0n) is 15.9. The number of amides is 1. The van der Waals surface area contributed by atoms with Crippen LogP contribution in [0.2, 0.25) is 0 Å². The van der Waals surface area contributed by atoms with Crippen LogP contribution in [-0.4, -0.2) is 11.9 Å². The van der Waals surface area contributed by atoms with Crippen molar-refractivity contribution in [2.75, 3.05) is 0 Å². The molecule has 2 aliphatic rings. The molecule has 0 unspecified atom stereocenters. The highest BCUT2D eigenvalue weighted by molar-refractivity contribution is 5.87. The summed E-state index contributed by atoms with van der Waals surface area (Å²) < 4.78 is 0. The standard InChI is InChI=1S/C22H39NO/c1-3-5-6-7-8-9-18-10-12-19(13-11-18)20-14-16-21(17-15-20)23-22(24)4-2/h4,18-21H,2-3,5-17H2,1H3,(H,23,24). The molecule has 0 atom stereocenters. The van der Waals surface area contributed by atoms with Crippen LogP contribution in [0.25, 0.3) is 0 Å². The topological polar surface area (TPSA) is 29.1 Å². The second-order valence-electron chi connectivity index (χ2n) is 8.31. The van der Waals surface area contributed by atoms with Gasteiger partial charge in [0.05, 0.1) is 0 Å². The van der Waals surface area contributed by atoms with Gasteiger partial charge < -0.3 is 5.32 Å². The zero-order valence-corrected chi connectivity index (χ0v) is 15.9. The van der Waals surface area contributed by atoms with Gasteiger partial charge in [-0.2, -0.15) is 0 Å². The first kappa shape index (κ1) is 19.5. The summed E-state index contributed by atoms with van der Waals surface area (Å²) in [6.07, 6.45) is 20.9. The average molecular weight is 334 g/mol. The quantitative estimate of drug-likeness (QED) is 0.406. The van der Waals surface area contributed by atoms with Crippen molar-refractivity contribution in [3.8, 4) is 0 Å². The number of carbonyl (C=O) groups is 1. The van der Waals surface area contributed by atoms with Crippen molar-refractivity contribution in [3.63, 3.8) is 0 Å². The fourth-order valence-electron chi connectivity index (χ4n) is 4.98. The molecule has 0 radical (unpaired) electrons. The van der Waals surface area contributed by atoms with E-state index in [4.69, 9.17) is 0 Å². The molecule has 138 valence electrons. The van der Waals surface area contributed by atoms with Crippen molar-refractivity contribution in [2.24, 2.45) is 17.8 Å². The summed E-state index contributed by atoms with van der Waals surface area (Å²) in [5, 5.41) is 3.08. The molecule has 0 heterocycles. The smallest absolute Gasteiger partial charge is 0.243 e. The second-order valence-corrected chi connectivity index (χ2v) is 8.31. The molecule has 2 saturated carbocycles. The van der Waals surface area contributed by atoms with E-state index in [0.29, 0.717) is 6.04 Å². The molecule has 0 aromatic carbocycles. The van der Waals surface area contributed by atoms with E-state index >= 15 is 0 Å². The molecular formula is C22H39NO. The second kappa shape index (κ2) is 10.9. The third kappa shape index (κ3) is 6.61. The van der Waals surface area contributed by atoms with Gasteiger partial charge in [0.25, 0.3) is 0 Å². The molecule has 0 aliphatic heterocycles. The maximum absolute atomic E-state index is 11.4. The van der Waals surface area contributed by atoms with E-state index in [-0.39, 0.29) is 5.91 Å². The zero-order chi connectivity index (χ0) is 17.2. The summed E-state index contributed by atoms with van der Waals surface area (Å²) in [5.74, 6) is 2.91. The van der Waals surface area contributed by atoms with Gasteiger partial charge in [-0.1, -0.05) is 64.9 Å².